The van der Waals surface area contributed by atoms with Crippen LogP contribution < -0.4 is 10.1 Å². The van der Waals surface area contributed by atoms with Gasteiger partial charge in [-0.2, -0.15) is 13.2 Å². The molecule has 6 rings (SSSR count). The monoisotopic (exact) mass is 803 g/mol. The summed E-state index contributed by atoms with van der Waals surface area (Å²) in [5.74, 6) is -3.15. The van der Waals surface area contributed by atoms with E-state index in [4.69, 9.17) is 9.84 Å². The molecule has 0 unspecified atom stereocenters. The number of piperazine rings is 1. The molecule has 3 aromatic rings. The number of carbonyl (C=O) groups excluding carboxylic acids is 2. The van der Waals surface area contributed by atoms with Crippen molar-refractivity contribution in [1.29, 1.82) is 0 Å². The zero-order valence-electron chi connectivity index (χ0n) is 28.4. The van der Waals surface area contributed by atoms with Crippen LogP contribution in [0, 0.1) is 5.82 Å². The number of nitrogens with one attached hydrogen (secondary N) is 1. The summed E-state index contributed by atoms with van der Waals surface area (Å²) in [7, 11) is 0. The van der Waals surface area contributed by atoms with E-state index in [0.29, 0.717) is 59.2 Å². The molecule has 0 aromatic heterocycles. The molecular formula is C38H38BrF4N3O7. The molecule has 2 heterocycles. The summed E-state index contributed by atoms with van der Waals surface area (Å²) in [4.78, 5) is 41.9. The molecule has 4 N–H and O–H groups in total. The summed E-state index contributed by atoms with van der Waals surface area (Å²) in [6.45, 7) is 0.226. The highest BCUT2D eigenvalue weighted by Crippen LogP contribution is 2.38. The average Bonchev–Trinajstić information content (AvgIpc) is 3.98. The molecule has 53 heavy (non-hydrogen) atoms. The number of nitrogens with zero attached hydrogens (tertiary/aromatic N) is 2. The number of halogens is 5. The highest BCUT2D eigenvalue weighted by molar-refractivity contribution is 9.10. The highest BCUT2D eigenvalue weighted by atomic mass is 79.9. The van der Waals surface area contributed by atoms with Crippen molar-refractivity contribution < 1.29 is 52.0 Å². The van der Waals surface area contributed by atoms with Crippen molar-refractivity contribution in [3.63, 3.8) is 0 Å². The van der Waals surface area contributed by atoms with Crippen LogP contribution >= 0.6 is 15.9 Å². The van der Waals surface area contributed by atoms with Crippen LogP contribution in [-0.4, -0.2) is 92.9 Å². The number of aliphatic carboxylic acids is 1. The predicted octanol–water partition coefficient (Wildman–Crippen LogP) is 4.94. The van der Waals surface area contributed by atoms with Gasteiger partial charge in [0.15, 0.2) is 12.2 Å². The van der Waals surface area contributed by atoms with Crippen molar-refractivity contribution in [3.05, 3.63) is 105 Å². The number of alkyl halides is 3. The maximum absolute atomic E-state index is 14.7. The Morgan fingerprint density at radius 3 is 2.40 bits per heavy atom. The Kier molecular flexibility index (Phi) is 11.6. The number of benzene rings is 3. The van der Waals surface area contributed by atoms with Crippen LogP contribution in [0.5, 0.6) is 5.75 Å². The number of hydrogen-bond donors (Lipinski definition) is 4. The maximum Gasteiger partial charge on any atom is 0.416 e. The minimum absolute atomic E-state index is 0.0692. The van der Waals surface area contributed by atoms with Gasteiger partial charge in [0.2, 0.25) is 0 Å². The van der Waals surface area contributed by atoms with Crippen LogP contribution in [0.25, 0.3) is 5.57 Å². The number of aliphatic hydroxyl groups excluding tert-OH is 2. The number of fused-ring (bicyclic) bond motifs is 2. The first-order chi connectivity index (χ1) is 25.2. The lowest BCUT2D eigenvalue weighted by Gasteiger charge is -2.45. The fourth-order valence-electron chi connectivity index (χ4n) is 6.87. The molecule has 1 saturated carbocycles. The second-order valence-corrected chi connectivity index (χ2v) is 14.4. The van der Waals surface area contributed by atoms with E-state index in [1.807, 2.05) is 24.3 Å². The number of carboxylic acid groups (broad SMARTS) is 1. The fraction of sp³-hybridized carbons (Fsp3) is 0.395. The molecule has 0 radical (unpaired) electrons. The lowest BCUT2D eigenvalue weighted by molar-refractivity contribution is -0.163. The van der Waals surface area contributed by atoms with Gasteiger partial charge in [-0.05, 0) is 94.6 Å². The number of hydrogen-bond acceptors (Lipinski definition) is 7. The highest BCUT2D eigenvalue weighted by Gasteiger charge is 2.45. The molecule has 1 aliphatic carbocycles. The largest absolute Gasteiger partial charge is 0.492 e. The summed E-state index contributed by atoms with van der Waals surface area (Å²) in [6.07, 6.45) is -6.20. The van der Waals surface area contributed by atoms with E-state index in [1.54, 1.807) is 17.0 Å². The number of rotatable bonds is 13. The molecule has 1 saturated heterocycles. The SMILES string of the molecule is O=C(O)[C@@H](O)[C@H](O)C(=O)N1C[C@H]2CC(c3ccc(CCCOc4cc(F)ccc4Br)cc3)=C(C(=O)N(Cc3cccc(C(F)(F)F)c3)C3CC3)[C@@H](C1)N2. The molecule has 4 atom stereocenters. The Balaban J connectivity index is 1.27. The molecule has 10 nitrogen and oxygen atoms in total. The van der Waals surface area contributed by atoms with E-state index in [9.17, 15) is 42.2 Å². The predicted molar refractivity (Wildman–Crippen MR) is 188 cm³/mol. The number of carboxylic acids is 1. The molecule has 282 valence electrons. The fourth-order valence-corrected chi connectivity index (χ4v) is 7.23. The number of amides is 2. The van der Waals surface area contributed by atoms with E-state index in [-0.39, 0.29) is 32.1 Å². The summed E-state index contributed by atoms with van der Waals surface area (Å²) >= 11 is 3.35. The first-order valence-electron chi connectivity index (χ1n) is 17.2. The van der Waals surface area contributed by atoms with Gasteiger partial charge in [0, 0.05) is 43.4 Å². The normalized spacial score (nSPS) is 19.8. The summed E-state index contributed by atoms with van der Waals surface area (Å²) < 4.78 is 60.7. The van der Waals surface area contributed by atoms with Crippen molar-refractivity contribution in [2.24, 2.45) is 0 Å². The molecule has 2 bridgehead atoms. The Labute approximate surface area is 311 Å². The molecule has 3 aliphatic rings. The number of ether oxygens (including phenoxy) is 1. The van der Waals surface area contributed by atoms with E-state index in [0.717, 1.165) is 23.3 Å². The second kappa shape index (κ2) is 16.0. The van der Waals surface area contributed by atoms with Gasteiger partial charge in [0.25, 0.3) is 11.8 Å². The van der Waals surface area contributed by atoms with Gasteiger partial charge >= 0.3 is 12.1 Å². The Bertz CT molecular complexity index is 1890. The number of carbonyl (C=O) groups is 3. The van der Waals surface area contributed by atoms with Gasteiger partial charge in [-0.1, -0.05) is 36.4 Å². The van der Waals surface area contributed by atoms with Crippen LogP contribution in [-0.2, 0) is 33.5 Å². The van der Waals surface area contributed by atoms with E-state index >= 15 is 0 Å². The first-order valence-corrected chi connectivity index (χ1v) is 18.0. The molecule has 2 fully saturated rings. The van der Waals surface area contributed by atoms with Crippen LogP contribution in [0.3, 0.4) is 0 Å². The van der Waals surface area contributed by atoms with Crippen LogP contribution in [0.4, 0.5) is 17.6 Å². The average molecular weight is 805 g/mol. The summed E-state index contributed by atoms with van der Waals surface area (Å²) in [5, 5.41) is 32.7. The molecule has 15 heteroatoms. The molecule has 3 aromatic carbocycles. The summed E-state index contributed by atoms with van der Waals surface area (Å²) in [6, 6.07) is 15.4. The van der Waals surface area contributed by atoms with Gasteiger partial charge in [-0.3, -0.25) is 9.59 Å². The minimum atomic E-state index is -4.56. The van der Waals surface area contributed by atoms with E-state index in [1.165, 1.54) is 23.1 Å². The van der Waals surface area contributed by atoms with Crippen LogP contribution in [0.2, 0.25) is 0 Å². The zero-order valence-corrected chi connectivity index (χ0v) is 29.9. The Morgan fingerprint density at radius 2 is 1.72 bits per heavy atom. The van der Waals surface area contributed by atoms with Crippen molar-refractivity contribution in [3.8, 4) is 5.75 Å². The third-order valence-corrected chi connectivity index (χ3v) is 10.3. The molecular weight excluding hydrogens is 766 g/mol. The third kappa shape index (κ3) is 9.08. The minimum Gasteiger partial charge on any atom is -0.492 e. The van der Waals surface area contributed by atoms with Gasteiger partial charge in [0.05, 0.1) is 22.7 Å². The van der Waals surface area contributed by atoms with Gasteiger partial charge in [-0.15, -0.1) is 0 Å². The molecule has 2 aliphatic heterocycles. The lowest BCUT2D eigenvalue weighted by Crippen LogP contribution is -2.64. The van der Waals surface area contributed by atoms with Gasteiger partial charge in [-0.25, -0.2) is 9.18 Å². The Hall–Kier alpha value is -4.31. The van der Waals surface area contributed by atoms with Crippen LogP contribution in [0.1, 0.15) is 47.9 Å². The summed E-state index contributed by atoms with van der Waals surface area (Å²) in [5.41, 5.74) is 2.27. The first kappa shape index (κ1) is 38.4. The topological polar surface area (TPSA) is 140 Å². The second-order valence-electron chi connectivity index (χ2n) is 13.6. The maximum atomic E-state index is 14.7. The zero-order chi connectivity index (χ0) is 38.0. The third-order valence-electron chi connectivity index (χ3n) is 9.67. The Morgan fingerprint density at radius 1 is 0.981 bits per heavy atom. The van der Waals surface area contributed by atoms with Crippen molar-refractivity contribution >= 4 is 39.3 Å². The molecule has 0 spiro atoms. The molecule has 2 amide bonds. The van der Waals surface area contributed by atoms with Crippen LogP contribution in [0.15, 0.2) is 76.8 Å². The number of aliphatic hydroxyl groups is 2. The van der Waals surface area contributed by atoms with Crippen molar-refractivity contribution in [1.82, 2.24) is 15.1 Å². The van der Waals surface area contributed by atoms with Gasteiger partial charge in [0.1, 0.15) is 11.6 Å². The van der Waals surface area contributed by atoms with E-state index in [2.05, 4.69) is 21.2 Å². The number of aryl methyl sites for hydroxylation is 1. The van der Waals surface area contributed by atoms with E-state index < -0.39 is 59.6 Å². The lowest BCUT2D eigenvalue weighted by atomic mass is 9.82. The smallest absolute Gasteiger partial charge is 0.416 e. The van der Waals surface area contributed by atoms with Crippen molar-refractivity contribution in [2.45, 2.75) is 75.2 Å². The van der Waals surface area contributed by atoms with Crippen molar-refractivity contribution in [2.75, 3.05) is 19.7 Å². The quantitative estimate of drug-likeness (QED) is 0.141. The van der Waals surface area contributed by atoms with Gasteiger partial charge < -0.3 is 35.2 Å². The standard InChI is InChI=1S/C38H38BrF4N3O7/c39-29-13-10-25(40)16-31(29)53-14-2-4-21-6-8-23(9-7-21)28-17-26-19-45(36(50)33(47)34(48)37(51)52)20-30(44-26)32(28)35(49)46(27-11-12-27)18-22-3-1-5-24(15-22)38(41,42)43/h1,3,5-10,13,15-16,26-27,30,33-34,44,47-48H,2,4,11-12,14,17-20H2,(H,51,52)/t26-,30-,33+,34+/m1/s1.